The molecule has 1 aromatic carbocycles. The molecule has 0 aliphatic carbocycles. The van der Waals surface area contributed by atoms with Crippen LogP contribution < -0.4 is 32.2 Å². The van der Waals surface area contributed by atoms with Crippen molar-refractivity contribution in [2.45, 2.75) is 38.4 Å². The summed E-state index contributed by atoms with van der Waals surface area (Å²) in [6, 6.07) is 12.0. The molecule has 5 N–H and O–H groups in total. The number of amides is 1. The van der Waals surface area contributed by atoms with Crippen molar-refractivity contribution in [3.8, 4) is 34.1 Å². The van der Waals surface area contributed by atoms with Crippen LogP contribution >= 0.6 is 11.6 Å². The van der Waals surface area contributed by atoms with Crippen LogP contribution in [0.3, 0.4) is 0 Å². The van der Waals surface area contributed by atoms with Gasteiger partial charge in [-0.2, -0.15) is 18.3 Å². The first-order valence-corrected chi connectivity index (χ1v) is 16.0. The van der Waals surface area contributed by atoms with Gasteiger partial charge < -0.3 is 15.8 Å². The van der Waals surface area contributed by atoms with Crippen molar-refractivity contribution < 1.29 is 22.7 Å². The molecule has 0 saturated carbocycles. The molecule has 51 heavy (non-hydrogen) atoms. The summed E-state index contributed by atoms with van der Waals surface area (Å²) in [6.45, 7) is 1.82. The fourth-order valence-electron chi connectivity index (χ4n) is 5.75. The standard InChI is InChI=1S/C34H32ClF3N10O3/c1-19-5-3-6-27(46-18-43-23(15-30(46)49)22-14-21(35)8-9-26(22)47(40)17-29(39)34(36,37)38)24-13-20(10-12-41-24)31-25(44-32(19)50)16-48(45-31)28-7-4-11-42-33(28)51-2/h4,7-19,27H,3,5-6,39-40H2,1-2H3,(H,44,50)/b29-17-. The van der Waals surface area contributed by atoms with Crippen LogP contribution in [0.4, 0.5) is 24.5 Å². The monoisotopic (exact) mass is 720 g/mol. The average molecular weight is 721 g/mol. The number of halogens is 4. The molecular formula is C34H32ClF3N10O3. The second kappa shape index (κ2) is 14.2. The van der Waals surface area contributed by atoms with E-state index in [9.17, 15) is 22.8 Å². The minimum Gasteiger partial charge on any atom is -0.479 e. The molecular weight excluding hydrogens is 689 g/mol. The number of carbonyl (C=O) groups is 1. The fourth-order valence-corrected chi connectivity index (χ4v) is 5.92. The topological polar surface area (TPSA) is 172 Å². The van der Waals surface area contributed by atoms with Crippen LogP contribution in [-0.4, -0.2) is 48.5 Å². The third kappa shape index (κ3) is 7.41. The van der Waals surface area contributed by atoms with E-state index in [-0.39, 0.29) is 33.8 Å². The normalized spacial score (nSPS) is 16.8. The molecule has 5 heterocycles. The van der Waals surface area contributed by atoms with Crippen molar-refractivity contribution >= 4 is 28.9 Å². The number of hydrazine groups is 1. The minimum absolute atomic E-state index is 0.0723. The van der Waals surface area contributed by atoms with Gasteiger partial charge in [-0.1, -0.05) is 24.9 Å². The van der Waals surface area contributed by atoms with Crippen LogP contribution in [0.1, 0.15) is 37.9 Å². The van der Waals surface area contributed by atoms with Gasteiger partial charge in [-0.05, 0) is 55.3 Å². The molecule has 1 aliphatic heterocycles. The van der Waals surface area contributed by atoms with E-state index in [0.717, 1.165) is 0 Å². The average Bonchev–Trinajstić information content (AvgIpc) is 3.52. The Labute approximate surface area is 294 Å². The molecule has 1 aliphatic rings. The predicted molar refractivity (Wildman–Crippen MR) is 185 cm³/mol. The Bertz CT molecular complexity index is 2190. The second-order valence-corrected chi connectivity index (χ2v) is 12.3. The van der Waals surface area contributed by atoms with E-state index in [4.69, 9.17) is 33.0 Å². The zero-order valence-corrected chi connectivity index (χ0v) is 28.1. The molecule has 2 bridgehead atoms. The Morgan fingerprint density at radius 3 is 2.65 bits per heavy atom. The lowest BCUT2D eigenvalue weighted by Crippen LogP contribution is -2.30. The number of pyridine rings is 2. The number of hydrogen-bond donors (Lipinski definition) is 3. The van der Waals surface area contributed by atoms with Gasteiger partial charge in [0.2, 0.25) is 11.8 Å². The SMILES string of the molecule is COc1ncccc1-n1cc2c(n1)-c1ccnc(c1)C(n1cnc(-c3cc(Cl)ccc3N(N)/C=C(\N)C(F)(F)F)cc1=O)CCCC(C)C(=O)N2. The highest BCUT2D eigenvalue weighted by Crippen LogP contribution is 2.35. The number of carbonyl (C=O) groups excluding carboxylic acids is 1. The van der Waals surface area contributed by atoms with E-state index < -0.39 is 23.5 Å². The number of aromatic nitrogens is 6. The zero-order valence-electron chi connectivity index (χ0n) is 27.3. The molecule has 0 radical (unpaired) electrons. The molecule has 1 amide bonds. The number of ether oxygens (including phenoxy) is 1. The number of rotatable bonds is 6. The van der Waals surface area contributed by atoms with Gasteiger partial charge in [-0.15, -0.1) is 0 Å². The number of alkyl halides is 3. The van der Waals surface area contributed by atoms with Gasteiger partial charge in [-0.25, -0.2) is 20.5 Å². The number of nitrogens with two attached hydrogens (primary N) is 2. The quantitative estimate of drug-likeness (QED) is 0.148. The Morgan fingerprint density at radius 2 is 1.90 bits per heavy atom. The van der Waals surface area contributed by atoms with Gasteiger partial charge in [0.25, 0.3) is 5.56 Å². The van der Waals surface area contributed by atoms with Crippen LogP contribution in [0, 0.1) is 5.92 Å². The van der Waals surface area contributed by atoms with Gasteiger partial charge >= 0.3 is 6.18 Å². The first-order valence-electron chi connectivity index (χ1n) is 15.7. The van der Waals surface area contributed by atoms with E-state index in [1.165, 1.54) is 42.3 Å². The lowest BCUT2D eigenvalue weighted by atomic mass is 9.97. The first-order chi connectivity index (χ1) is 24.3. The molecule has 0 fully saturated rings. The molecule has 4 aromatic heterocycles. The number of allylic oxidation sites excluding steroid dienone is 1. The highest BCUT2D eigenvalue weighted by molar-refractivity contribution is 6.31. The van der Waals surface area contributed by atoms with Gasteiger partial charge in [0, 0.05) is 46.7 Å². The lowest BCUT2D eigenvalue weighted by Gasteiger charge is -2.22. The summed E-state index contributed by atoms with van der Waals surface area (Å²) >= 11 is 6.23. The molecule has 2 unspecified atom stereocenters. The van der Waals surface area contributed by atoms with Crippen LogP contribution in [-0.2, 0) is 4.79 Å². The summed E-state index contributed by atoms with van der Waals surface area (Å²) < 4.78 is 47.8. The Kier molecular flexibility index (Phi) is 9.80. The van der Waals surface area contributed by atoms with Crippen molar-refractivity contribution in [2.24, 2.45) is 17.5 Å². The third-order valence-electron chi connectivity index (χ3n) is 8.41. The van der Waals surface area contributed by atoms with Crippen molar-refractivity contribution in [1.29, 1.82) is 0 Å². The summed E-state index contributed by atoms with van der Waals surface area (Å²) in [7, 11) is 1.50. The molecule has 264 valence electrons. The number of hydrogen-bond acceptors (Lipinski definition) is 10. The predicted octanol–water partition coefficient (Wildman–Crippen LogP) is 5.61. The van der Waals surface area contributed by atoms with Gasteiger partial charge in [0.05, 0.1) is 48.4 Å². The molecule has 0 spiro atoms. The number of fused-ring (bicyclic) bond motifs is 4. The molecule has 5 aromatic rings. The zero-order chi connectivity index (χ0) is 36.4. The number of nitrogens with one attached hydrogen (secondary N) is 1. The maximum Gasteiger partial charge on any atom is 0.432 e. The van der Waals surface area contributed by atoms with Gasteiger partial charge in [0.1, 0.15) is 17.1 Å². The Hall–Kier alpha value is -5.74. The van der Waals surface area contributed by atoms with E-state index >= 15 is 0 Å². The number of anilines is 2. The Morgan fingerprint density at radius 1 is 1.10 bits per heavy atom. The number of benzene rings is 1. The van der Waals surface area contributed by atoms with Crippen molar-refractivity contribution in [2.75, 3.05) is 17.4 Å². The molecule has 17 heteroatoms. The second-order valence-electron chi connectivity index (χ2n) is 11.8. The maximum atomic E-state index is 13.8. The van der Waals surface area contributed by atoms with Crippen LogP contribution in [0.15, 0.2) is 90.1 Å². The highest BCUT2D eigenvalue weighted by atomic mass is 35.5. The van der Waals surface area contributed by atoms with E-state index in [2.05, 4.69) is 20.3 Å². The van der Waals surface area contributed by atoms with Crippen molar-refractivity contribution in [3.05, 3.63) is 106 Å². The Balaban J connectivity index is 1.42. The van der Waals surface area contributed by atoms with Crippen LogP contribution in [0.2, 0.25) is 5.02 Å². The largest absolute Gasteiger partial charge is 0.479 e. The molecule has 0 saturated heterocycles. The van der Waals surface area contributed by atoms with E-state index in [0.29, 0.717) is 64.7 Å². The summed E-state index contributed by atoms with van der Waals surface area (Å²) in [5.41, 5.74) is 6.35. The number of methoxy groups -OCH3 is 1. The van der Waals surface area contributed by atoms with E-state index in [1.807, 2.05) is 6.92 Å². The maximum absolute atomic E-state index is 13.8. The van der Waals surface area contributed by atoms with Gasteiger partial charge in [0.15, 0.2) is 0 Å². The number of nitrogens with zero attached hydrogens (tertiary/aromatic N) is 7. The molecule has 6 rings (SSSR count). The van der Waals surface area contributed by atoms with Crippen LogP contribution in [0.25, 0.3) is 28.2 Å². The summed E-state index contributed by atoms with van der Waals surface area (Å²) in [5.74, 6) is 5.73. The fraction of sp³-hybridized carbons (Fsp3) is 0.235. The smallest absolute Gasteiger partial charge is 0.432 e. The van der Waals surface area contributed by atoms with E-state index in [1.54, 1.807) is 47.5 Å². The highest BCUT2D eigenvalue weighted by Gasteiger charge is 2.32. The molecule has 2 atom stereocenters. The third-order valence-corrected chi connectivity index (χ3v) is 8.65. The van der Waals surface area contributed by atoms with Crippen LogP contribution in [0.5, 0.6) is 5.88 Å². The van der Waals surface area contributed by atoms with Crippen molar-refractivity contribution in [1.82, 2.24) is 29.3 Å². The van der Waals surface area contributed by atoms with Gasteiger partial charge in [-0.3, -0.25) is 24.1 Å². The minimum atomic E-state index is -4.81. The summed E-state index contributed by atoms with van der Waals surface area (Å²) in [5, 5.41) is 8.74. The summed E-state index contributed by atoms with van der Waals surface area (Å²) in [4.78, 5) is 40.5. The lowest BCUT2D eigenvalue weighted by molar-refractivity contribution is -0.119. The first kappa shape index (κ1) is 35.1. The summed E-state index contributed by atoms with van der Waals surface area (Å²) in [6.07, 6.45) is 3.46. The molecule has 13 nitrogen and oxygen atoms in total. The van der Waals surface area contributed by atoms with Crippen molar-refractivity contribution in [3.63, 3.8) is 0 Å².